The minimum absolute atomic E-state index is 0.103. The molecule has 0 unspecified atom stereocenters. The van der Waals surface area contributed by atoms with Crippen LogP contribution in [0.2, 0.25) is 0 Å². The van der Waals surface area contributed by atoms with Gasteiger partial charge >= 0.3 is 0 Å². The molecule has 0 fully saturated rings. The average molecular weight is 346 g/mol. The standard InChI is InChI=1S/C18H14N6O2/c19-23-21-15-11-12-16(24(25)26)17(13-7-3-1-4-8-13)18(15)22-20-14-9-5-2-6-10-14/h1-12H,(H2,19,21). The van der Waals surface area contributed by atoms with E-state index in [9.17, 15) is 10.1 Å². The third-order valence-electron chi connectivity index (χ3n) is 3.58. The summed E-state index contributed by atoms with van der Waals surface area (Å²) >= 11 is 0. The Morgan fingerprint density at radius 3 is 2.08 bits per heavy atom. The van der Waals surface area contributed by atoms with Gasteiger partial charge in [0.2, 0.25) is 0 Å². The first-order valence-corrected chi connectivity index (χ1v) is 7.65. The molecule has 0 atom stereocenters. The zero-order valence-corrected chi connectivity index (χ0v) is 13.6. The normalized spacial score (nSPS) is 11.2. The predicted molar refractivity (Wildman–Crippen MR) is 97.9 cm³/mol. The second-order valence-corrected chi connectivity index (χ2v) is 5.20. The van der Waals surface area contributed by atoms with Crippen molar-refractivity contribution < 1.29 is 4.92 Å². The molecule has 0 amide bonds. The van der Waals surface area contributed by atoms with Crippen molar-refractivity contribution in [3.8, 4) is 11.1 Å². The van der Waals surface area contributed by atoms with Gasteiger partial charge in [-0.05, 0) is 23.8 Å². The number of nitro groups is 1. The molecule has 0 radical (unpaired) electrons. The summed E-state index contributed by atoms with van der Waals surface area (Å²) in [5.41, 5.74) is 1.94. The second-order valence-electron chi connectivity index (χ2n) is 5.20. The molecule has 0 heterocycles. The minimum atomic E-state index is -0.465. The van der Waals surface area contributed by atoms with Gasteiger partial charge in [0.1, 0.15) is 11.4 Å². The first-order chi connectivity index (χ1) is 12.7. The van der Waals surface area contributed by atoms with Crippen molar-refractivity contribution in [3.05, 3.63) is 82.9 Å². The fraction of sp³-hybridized carbons (Fsp3) is 0. The lowest BCUT2D eigenvalue weighted by Gasteiger charge is -2.08. The van der Waals surface area contributed by atoms with Gasteiger partial charge in [-0.1, -0.05) is 53.8 Å². The van der Waals surface area contributed by atoms with Crippen molar-refractivity contribution in [3.63, 3.8) is 0 Å². The molecule has 0 saturated carbocycles. The number of hydrogen-bond acceptors (Lipinski definition) is 6. The Morgan fingerprint density at radius 2 is 1.46 bits per heavy atom. The first-order valence-electron chi connectivity index (χ1n) is 7.65. The van der Waals surface area contributed by atoms with E-state index in [0.29, 0.717) is 16.8 Å². The van der Waals surface area contributed by atoms with Crippen molar-refractivity contribution in [2.24, 2.45) is 26.4 Å². The summed E-state index contributed by atoms with van der Waals surface area (Å²) in [6.07, 6.45) is 0. The van der Waals surface area contributed by atoms with Crippen LogP contribution in [-0.2, 0) is 0 Å². The molecule has 8 nitrogen and oxygen atoms in total. The van der Waals surface area contributed by atoms with Gasteiger partial charge in [0.25, 0.3) is 5.69 Å². The van der Waals surface area contributed by atoms with E-state index in [4.69, 9.17) is 5.84 Å². The fourth-order valence-corrected chi connectivity index (χ4v) is 2.46. The SMILES string of the molecule is NN=Nc1ccc([N+](=O)[O-])c(-c2ccccc2)c1N=Nc1ccccc1. The zero-order valence-electron chi connectivity index (χ0n) is 13.6. The van der Waals surface area contributed by atoms with E-state index < -0.39 is 4.92 Å². The highest BCUT2D eigenvalue weighted by Gasteiger charge is 2.22. The quantitative estimate of drug-likeness (QED) is 0.279. The molecule has 0 spiro atoms. The van der Waals surface area contributed by atoms with Crippen molar-refractivity contribution >= 4 is 22.7 Å². The number of nitrogens with two attached hydrogens (primary N) is 1. The number of azo groups is 1. The maximum Gasteiger partial charge on any atom is 0.279 e. The van der Waals surface area contributed by atoms with Crippen LogP contribution in [0.3, 0.4) is 0 Å². The maximum absolute atomic E-state index is 11.5. The van der Waals surface area contributed by atoms with Crippen LogP contribution in [0, 0.1) is 10.1 Å². The molecule has 0 aliphatic rings. The van der Waals surface area contributed by atoms with Gasteiger partial charge in [0.15, 0.2) is 0 Å². The molecule has 3 rings (SSSR count). The molecule has 3 aromatic rings. The molecule has 128 valence electrons. The number of nitro benzene ring substituents is 1. The second kappa shape index (κ2) is 7.75. The number of benzene rings is 3. The first kappa shape index (κ1) is 16.9. The Kier molecular flexibility index (Phi) is 5.04. The molecule has 8 heteroatoms. The van der Waals surface area contributed by atoms with Gasteiger partial charge in [0.05, 0.1) is 16.2 Å². The van der Waals surface area contributed by atoms with Gasteiger partial charge in [-0.3, -0.25) is 10.1 Å². The lowest BCUT2D eigenvalue weighted by molar-refractivity contribution is -0.384. The molecular weight excluding hydrogens is 332 g/mol. The summed E-state index contributed by atoms with van der Waals surface area (Å²) in [6.45, 7) is 0. The zero-order chi connectivity index (χ0) is 18.4. The van der Waals surface area contributed by atoms with Crippen LogP contribution in [0.4, 0.5) is 22.7 Å². The molecule has 2 N–H and O–H groups in total. The molecule has 3 aromatic carbocycles. The highest BCUT2D eigenvalue weighted by molar-refractivity contribution is 5.90. The molecule has 0 bridgehead atoms. The summed E-state index contributed by atoms with van der Waals surface area (Å²) in [5, 5.41) is 27.1. The molecule has 0 aromatic heterocycles. The molecule has 0 aliphatic heterocycles. The maximum atomic E-state index is 11.5. The van der Waals surface area contributed by atoms with Gasteiger partial charge in [-0.2, -0.15) is 5.11 Å². The molecule has 0 saturated heterocycles. The van der Waals surface area contributed by atoms with E-state index in [1.807, 2.05) is 24.3 Å². The Hall–Kier alpha value is -3.94. The van der Waals surface area contributed by atoms with Gasteiger partial charge in [-0.15, -0.1) is 10.2 Å². The van der Waals surface area contributed by atoms with Crippen LogP contribution in [0.15, 0.2) is 93.4 Å². The summed E-state index contributed by atoms with van der Waals surface area (Å²) in [7, 11) is 0. The van der Waals surface area contributed by atoms with E-state index in [2.05, 4.69) is 20.6 Å². The van der Waals surface area contributed by atoms with Crippen LogP contribution in [-0.4, -0.2) is 4.92 Å². The third-order valence-corrected chi connectivity index (χ3v) is 3.58. The van der Waals surface area contributed by atoms with Crippen LogP contribution in [0.5, 0.6) is 0 Å². The Bertz CT molecular complexity index is 972. The van der Waals surface area contributed by atoms with Gasteiger partial charge < -0.3 is 5.84 Å². The van der Waals surface area contributed by atoms with Crippen LogP contribution >= 0.6 is 0 Å². The molecule has 0 aliphatic carbocycles. The Morgan fingerprint density at radius 1 is 0.808 bits per heavy atom. The molecular formula is C18H14N6O2. The fourth-order valence-electron chi connectivity index (χ4n) is 2.46. The smallest absolute Gasteiger partial charge is 0.279 e. The summed E-state index contributed by atoms with van der Waals surface area (Å²) < 4.78 is 0. The highest BCUT2D eigenvalue weighted by atomic mass is 16.6. The third kappa shape index (κ3) is 3.59. The van der Waals surface area contributed by atoms with Crippen LogP contribution in [0.1, 0.15) is 0 Å². The van der Waals surface area contributed by atoms with Crippen LogP contribution in [0.25, 0.3) is 11.1 Å². The number of nitrogens with zero attached hydrogens (tertiary/aromatic N) is 5. The lowest BCUT2D eigenvalue weighted by Crippen LogP contribution is -1.93. The van der Waals surface area contributed by atoms with Crippen LogP contribution < -0.4 is 5.84 Å². The van der Waals surface area contributed by atoms with E-state index in [0.717, 1.165) is 0 Å². The van der Waals surface area contributed by atoms with E-state index in [1.165, 1.54) is 12.1 Å². The van der Waals surface area contributed by atoms with Gasteiger partial charge in [-0.25, -0.2) is 0 Å². The predicted octanol–water partition coefficient (Wildman–Crippen LogP) is 5.63. The van der Waals surface area contributed by atoms with E-state index >= 15 is 0 Å². The average Bonchev–Trinajstić information content (AvgIpc) is 2.68. The van der Waals surface area contributed by atoms with Crippen molar-refractivity contribution in [1.82, 2.24) is 0 Å². The van der Waals surface area contributed by atoms with Crippen molar-refractivity contribution in [1.29, 1.82) is 0 Å². The minimum Gasteiger partial charge on any atom is -0.305 e. The summed E-state index contributed by atoms with van der Waals surface area (Å²) in [6, 6.07) is 20.7. The summed E-state index contributed by atoms with van der Waals surface area (Å²) in [4.78, 5) is 11.1. The van der Waals surface area contributed by atoms with E-state index in [-0.39, 0.29) is 17.1 Å². The van der Waals surface area contributed by atoms with E-state index in [1.54, 1.807) is 36.4 Å². The largest absolute Gasteiger partial charge is 0.305 e. The Balaban J connectivity index is 2.26. The topological polar surface area (TPSA) is 119 Å². The monoisotopic (exact) mass is 346 g/mol. The number of rotatable bonds is 5. The van der Waals surface area contributed by atoms with Crippen molar-refractivity contribution in [2.75, 3.05) is 0 Å². The van der Waals surface area contributed by atoms with Crippen molar-refractivity contribution in [2.45, 2.75) is 0 Å². The Labute approximate surface area is 148 Å². The van der Waals surface area contributed by atoms with Gasteiger partial charge in [0, 0.05) is 6.07 Å². The lowest BCUT2D eigenvalue weighted by atomic mass is 10.0. The highest BCUT2D eigenvalue weighted by Crippen LogP contribution is 2.45. The number of hydrogen-bond donors (Lipinski definition) is 1. The summed E-state index contributed by atoms with van der Waals surface area (Å²) in [5.74, 6) is 5.18. The molecule has 26 heavy (non-hydrogen) atoms.